The van der Waals surface area contributed by atoms with E-state index in [4.69, 9.17) is 11.6 Å². The summed E-state index contributed by atoms with van der Waals surface area (Å²) >= 11 is 6.14. The second kappa shape index (κ2) is 12.4. The van der Waals surface area contributed by atoms with Gasteiger partial charge in [-0.1, -0.05) is 87.7 Å². The third-order valence-corrected chi connectivity index (χ3v) is 6.10. The van der Waals surface area contributed by atoms with Crippen molar-refractivity contribution in [3.05, 3.63) is 101 Å². The molecule has 1 atom stereocenters. The fourth-order valence-electron chi connectivity index (χ4n) is 3.87. The SMILES string of the molecule is CCCCCNC(=O)C(c1ccc(Cl)cc1)N(C(=O)c1ccccc1)c1ccc(C(C)C)cc1. The van der Waals surface area contributed by atoms with E-state index in [1.54, 1.807) is 29.2 Å². The Bertz CT molecular complexity index is 1060. The van der Waals surface area contributed by atoms with Crippen LogP contribution in [0, 0.1) is 0 Å². The van der Waals surface area contributed by atoms with Crippen LogP contribution in [0.2, 0.25) is 5.02 Å². The first-order valence-electron chi connectivity index (χ1n) is 11.9. The molecule has 0 bridgehead atoms. The maximum Gasteiger partial charge on any atom is 0.259 e. The maximum atomic E-state index is 13.8. The molecule has 4 nitrogen and oxygen atoms in total. The predicted octanol–water partition coefficient (Wildman–Crippen LogP) is 7.16. The first kappa shape index (κ1) is 25.5. The first-order chi connectivity index (χ1) is 16.4. The van der Waals surface area contributed by atoms with E-state index >= 15 is 0 Å². The minimum Gasteiger partial charge on any atom is -0.354 e. The Morgan fingerprint density at radius 1 is 0.853 bits per heavy atom. The number of amides is 2. The lowest BCUT2D eigenvalue weighted by atomic mass is 9.99. The number of rotatable bonds is 10. The molecule has 3 aromatic rings. The number of anilines is 1. The van der Waals surface area contributed by atoms with Gasteiger partial charge in [0.1, 0.15) is 6.04 Å². The van der Waals surface area contributed by atoms with E-state index in [1.807, 2.05) is 54.6 Å². The van der Waals surface area contributed by atoms with E-state index in [2.05, 4.69) is 26.1 Å². The van der Waals surface area contributed by atoms with Gasteiger partial charge in [0, 0.05) is 22.8 Å². The maximum absolute atomic E-state index is 13.8. The van der Waals surface area contributed by atoms with Crippen LogP contribution in [0.15, 0.2) is 78.9 Å². The van der Waals surface area contributed by atoms with E-state index in [-0.39, 0.29) is 11.8 Å². The average Bonchev–Trinajstić information content (AvgIpc) is 2.86. The molecule has 0 saturated heterocycles. The molecular formula is C29H33ClN2O2. The van der Waals surface area contributed by atoms with Crippen molar-refractivity contribution in [1.29, 1.82) is 0 Å². The first-order valence-corrected chi connectivity index (χ1v) is 12.3. The molecule has 34 heavy (non-hydrogen) atoms. The van der Waals surface area contributed by atoms with Crippen LogP contribution in [-0.2, 0) is 4.79 Å². The van der Waals surface area contributed by atoms with Crippen LogP contribution in [0.4, 0.5) is 5.69 Å². The molecule has 0 heterocycles. The van der Waals surface area contributed by atoms with Crippen LogP contribution in [-0.4, -0.2) is 18.4 Å². The molecule has 0 aliphatic carbocycles. The van der Waals surface area contributed by atoms with Crippen molar-refractivity contribution in [1.82, 2.24) is 5.32 Å². The van der Waals surface area contributed by atoms with Gasteiger partial charge < -0.3 is 5.32 Å². The van der Waals surface area contributed by atoms with Crippen molar-refractivity contribution in [2.24, 2.45) is 0 Å². The van der Waals surface area contributed by atoms with E-state index in [0.717, 1.165) is 19.3 Å². The number of benzene rings is 3. The summed E-state index contributed by atoms with van der Waals surface area (Å²) in [6.07, 6.45) is 3.00. The van der Waals surface area contributed by atoms with Crippen molar-refractivity contribution < 1.29 is 9.59 Å². The van der Waals surface area contributed by atoms with Gasteiger partial charge in [0.15, 0.2) is 0 Å². The zero-order valence-corrected chi connectivity index (χ0v) is 20.9. The molecule has 2 amide bonds. The molecule has 0 spiro atoms. The van der Waals surface area contributed by atoms with Gasteiger partial charge in [0.05, 0.1) is 0 Å². The summed E-state index contributed by atoms with van der Waals surface area (Å²) < 4.78 is 0. The molecule has 1 N–H and O–H groups in total. The highest BCUT2D eigenvalue weighted by Crippen LogP contribution is 2.31. The number of unbranched alkanes of at least 4 members (excludes halogenated alkanes) is 2. The Morgan fingerprint density at radius 3 is 2.06 bits per heavy atom. The minimum absolute atomic E-state index is 0.212. The third kappa shape index (κ3) is 6.48. The number of nitrogens with one attached hydrogen (secondary N) is 1. The smallest absolute Gasteiger partial charge is 0.259 e. The van der Waals surface area contributed by atoms with Crippen LogP contribution in [0.3, 0.4) is 0 Å². The molecule has 5 heteroatoms. The lowest BCUT2D eigenvalue weighted by Gasteiger charge is -2.32. The predicted molar refractivity (Wildman–Crippen MR) is 141 cm³/mol. The lowest BCUT2D eigenvalue weighted by molar-refractivity contribution is -0.122. The summed E-state index contributed by atoms with van der Waals surface area (Å²) in [5, 5.41) is 3.63. The quantitative estimate of drug-likeness (QED) is 0.315. The molecule has 0 aromatic heterocycles. The van der Waals surface area contributed by atoms with E-state index in [0.29, 0.717) is 34.3 Å². The highest BCUT2D eigenvalue weighted by atomic mass is 35.5. The molecule has 0 aliphatic rings. The summed E-state index contributed by atoms with van der Waals surface area (Å²) in [5.74, 6) is -0.0848. The Kier molecular flexibility index (Phi) is 9.29. The van der Waals surface area contributed by atoms with Crippen LogP contribution in [0.5, 0.6) is 0 Å². The summed E-state index contributed by atoms with van der Waals surface area (Å²) in [6.45, 7) is 6.94. The third-order valence-electron chi connectivity index (χ3n) is 5.85. The topological polar surface area (TPSA) is 49.4 Å². The largest absolute Gasteiger partial charge is 0.354 e. The van der Waals surface area contributed by atoms with Gasteiger partial charge >= 0.3 is 0 Å². The zero-order valence-electron chi connectivity index (χ0n) is 20.1. The second-order valence-corrected chi connectivity index (χ2v) is 9.18. The Balaban J connectivity index is 2.08. The van der Waals surface area contributed by atoms with E-state index in [9.17, 15) is 9.59 Å². The van der Waals surface area contributed by atoms with Crippen molar-refractivity contribution in [3.63, 3.8) is 0 Å². The molecule has 0 aliphatic heterocycles. The van der Waals surface area contributed by atoms with Gasteiger partial charge in [0.25, 0.3) is 5.91 Å². The Morgan fingerprint density at radius 2 is 1.47 bits per heavy atom. The standard InChI is InChI=1S/C29H33ClN2O2/c1-4-5-9-20-31-28(33)27(23-12-16-25(30)17-13-23)32(29(34)24-10-7-6-8-11-24)26-18-14-22(15-19-26)21(2)3/h6-8,10-19,21,27H,4-5,9,20H2,1-3H3,(H,31,33). The Hall–Kier alpha value is -3.11. The van der Waals surface area contributed by atoms with Crippen LogP contribution < -0.4 is 10.2 Å². The van der Waals surface area contributed by atoms with Crippen molar-refractivity contribution >= 4 is 29.1 Å². The van der Waals surface area contributed by atoms with Gasteiger partial charge in [-0.15, -0.1) is 0 Å². The van der Waals surface area contributed by atoms with Gasteiger partial charge in [0.2, 0.25) is 5.91 Å². The van der Waals surface area contributed by atoms with Crippen molar-refractivity contribution in [2.75, 3.05) is 11.4 Å². The number of halogens is 1. The minimum atomic E-state index is -0.837. The summed E-state index contributed by atoms with van der Waals surface area (Å²) in [7, 11) is 0. The lowest BCUT2D eigenvalue weighted by Crippen LogP contribution is -2.44. The fourth-order valence-corrected chi connectivity index (χ4v) is 4.00. The molecule has 3 aromatic carbocycles. The van der Waals surface area contributed by atoms with E-state index < -0.39 is 6.04 Å². The number of carbonyl (C=O) groups excluding carboxylic acids is 2. The van der Waals surface area contributed by atoms with Gasteiger partial charge in [-0.25, -0.2) is 0 Å². The number of hydrogen-bond acceptors (Lipinski definition) is 2. The molecule has 178 valence electrons. The summed E-state index contributed by atoms with van der Waals surface area (Å²) in [5.41, 5.74) is 3.06. The van der Waals surface area contributed by atoms with Crippen molar-refractivity contribution in [3.8, 4) is 0 Å². The molecular weight excluding hydrogens is 444 g/mol. The second-order valence-electron chi connectivity index (χ2n) is 8.74. The highest BCUT2D eigenvalue weighted by Gasteiger charge is 2.33. The van der Waals surface area contributed by atoms with Crippen LogP contribution in [0.1, 0.15) is 73.5 Å². The van der Waals surface area contributed by atoms with Gasteiger partial charge in [-0.2, -0.15) is 0 Å². The molecule has 0 saturated carbocycles. The van der Waals surface area contributed by atoms with Crippen molar-refractivity contribution in [2.45, 2.75) is 52.0 Å². The summed E-state index contributed by atoms with van der Waals surface area (Å²) in [4.78, 5) is 29.0. The summed E-state index contributed by atoms with van der Waals surface area (Å²) in [6, 6.07) is 23.2. The fraction of sp³-hybridized carbons (Fsp3) is 0.310. The number of carbonyl (C=O) groups is 2. The molecule has 0 radical (unpaired) electrons. The monoisotopic (exact) mass is 476 g/mol. The highest BCUT2D eigenvalue weighted by molar-refractivity contribution is 6.30. The zero-order chi connectivity index (χ0) is 24.5. The van der Waals surface area contributed by atoms with Crippen LogP contribution >= 0.6 is 11.6 Å². The van der Waals surface area contributed by atoms with Gasteiger partial charge in [-0.05, 0) is 59.9 Å². The Labute approximate surface area is 207 Å². The van der Waals surface area contributed by atoms with Crippen LogP contribution in [0.25, 0.3) is 0 Å². The molecule has 3 rings (SSSR count). The molecule has 1 unspecified atom stereocenters. The average molecular weight is 477 g/mol. The van der Waals surface area contributed by atoms with E-state index in [1.165, 1.54) is 5.56 Å². The normalized spacial score (nSPS) is 11.8. The number of nitrogens with zero attached hydrogens (tertiary/aromatic N) is 1. The van der Waals surface area contributed by atoms with Gasteiger partial charge in [-0.3, -0.25) is 14.5 Å². The molecule has 0 fully saturated rings. The number of hydrogen-bond donors (Lipinski definition) is 1.